The largest absolute Gasteiger partial charge is 0.0625 e. The molecule has 6 fully saturated rings. The molecule has 0 bridgehead atoms. The van der Waals surface area contributed by atoms with Gasteiger partial charge in [0.25, 0.3) is 0 Å². The molecule has 0 atom stereocenters. The van der Waals surface area contributed by atoms with E-state index in [-0.39, 0.29) is 0 Å². The normalized spacial score (nSPS) is 22.7. The van der Waals surface area contributed by atoms with E-state index in [2.05, 4.69) is 336 Å². The predicted molar refractivity (Wildman–Crippen MR) is 537 cm³/mol. The molecule has 10 aromatic rings. The number of hydrogen-bond donors (Lipinski definition) is 0. The molecule has 0 amide bonds. The first-order valence-corrected chi connectivity index (χ1v) is 49.1. The molecule has 6 aliphatic carbocycles. The first-order chi connectivity index (χ1) is 58.3. The lowest BCUT2D eigenvalue weighted by atomic mass is 9.68. The second-order valence-corrected chi connectivity index (χ2v) is 41.4. The van der Waals surface area contributed by atoms with Crippen molar-refractivity contribution < 1.29 is 0 Å². The molecule has 6 aliphatic rings. The molecule has 6 saturated carbocycles. The lowest BCUT2D eigenvalue weighted by Gasteiger charge is -2.37. The molecule has 0 nitrogen and oxygen atoms in total. The fourth-order valence-electron chi connectivity index (χ4n) is 21.7. The summed E-state index contributed by atoms with van der Waals surface area (Å²) in [6.07, 6.45) is 37.7. The Morgan fingerprint density at radius 1 is 0.189 bits per heavy atom. The fourth-order valence-corrected chi connectivity index (χ4v) is 21.7. The van der Waals surface area contributed by atoms with Gasteiger partial charge in [-0.1, -0.05) is 273 Å². The highest BCUT2D eigenvalue weighted by atomic mass is 14.4. The Balaban J connectivity index is 0.000000144. The Hall–Kier alpha value is -7.80. The van der Waals surface area contributed by atoms with Gasteiger partial charge in [0.15, 0.2) is 0 Å². The summed E-state index contributed by atoms with van der Waals surface area (Å²) in [6, 6.07) is 64.0. The van der Waals surface area contributed by atoms with E-state index in [1.54, 1.807) is 16.7 Å². The molecule has 652 valence electrons. The molecule has 0 aliphatic heterocycles. The van der Waals surface area contributed by atoms with Crippen molar-refractivity contribution >= 4 is 0 Å². The smallest absolute Gasteiger partial charge is 0.0162 e. The number of benzene rings is 10. The molecular formula is C122H164. The van der Waals surface area contributed by atoms with Gasteiger partial charge < -0.3 is 0 Å². The van der Waals surface area contributed by atoms with E-state index in [4.69, 9.17) is 0 Å². The van der Waals surface area contributed by atoms with Crippen LogP contribution in [0.3, 0.4) is 0 Å². The summed E-state index contributed by atoms with van der Waals surface area (Å²) in [7, 11) is 0. The first kappa shape index (κ1) is 94.9. The van der Waals surface area contributed by atoms with E-state index in [1.807, 2.05) is 0 Å². The Morgan fingerprint density at radius 3 is 0.664 bits per heavy atom. The molecule has 16 rings (SSSR count). The molecule has 0 radical (unpaired) electrons. The zero-order valence-corrected chi connectivity index (χ0v) is 81.5. The second-order valence-electron chi connectivity index (χ2n) is 41.4. The number of aryl methyl sites for hydroxylation is 15. The molecular weight excluding hydrogens is 1470 g/mol. The van der Waals surface area contributed by atoms with Crippen molar-refractivity contribution in [1.82, 2.24) is 0 Å². The Morgan fingerprint density at radius 2 is 0.385 bits per heavy atom. The van der Waals surface area contributed by atoms with Crippen molar-refractivity contribution in [1.29, 1.82) is 0 Å². The summed E-state index contributed by atoms with van der Waals surface area (Å²) in [4.78, 5) is 0. The molecule has 0 aromatic heterocycles. The van der Waals surface area contributed by atoms with E-state index in [9.17, 15) is 0 Å². The average Bonchev–Trinajstić information content (AvgIpc) is 0.822. The minimum Gasteiger partial charge on any atom is -0.0625 e. The van der Waals surface area contributed by atoms with Crippen molar-refractivity contribution in [2.24, 2.45) is 53.3 Å². The summed E-state index contributed by atoms with van der Waals surface area (Å²) in [5, 5.41) is 0. The maximum Gasteiger partial charge on any atom is -0.0162 e. The molecule has 0 saturated heterocycles. The number of rotatable bonds is 12. The van der Waals surface area contributed by atoms with Gasteiger partial charge in [-0.05, 0) is 479 Å². The summed E-state index contributed by atoms with van der Waals surface area (Å²) in [5.74, 6) is 11.5. The maximum atomic E-state index is 2.47. The van der Waals surface area contributed by atoms with Crippen LogP contribution < -0.4 is 0 Å². The number of hydrogen-bond acceptors (Lipinski definition) is 0. The topological polar surface area (TPSA) is 0 Å². The standard InChI is InChI=1S/C24H38.C22H34.C22H28.C22H22.C16H24.C16H18/c1-17-5-11-23(12-6-17)24-13-9-21(10-14-24)7-8-22-15-18(2)20(4)19(3)16-22;3*1-15-5-7-19(8-6-15)20-9-11-21(12-10-20)22-13-16(2)18(4)17(3)14-22;2*1-11-5-7-15(8-6-11)16-9-12(2)14(4)13(3)10-16/h15-17,21,23-24H,5-14H2,1-4H3;13-15,19-21H,5-12H2,1-4H3;9-15,19H,5-8H2,1-4H3;5-14H,1-4H3;9-11,15H,5-8H2,1-4H3;5-10H,1-4H3. The quantitative estimate of drug-likeness (QED) is 0.114. The predicted octanol–water partition coefficient (Wildman–Crippen LogP) is 36.2. The van der Waals surface area contributed by atoms with Crippen molar-refractivity contribution in [3.05, 3.63) is 303 Å². The SMILES string of the molecule is Cc1cc(-c2ccc(C3CCC(C)CC3)cc2)cc(C)c1C.Cc1cc(C2CCC(C)CC2)cc(C)c1C.Cc1cc(C2CCC(C3CCC(C)CC3)CC2)cc(C)c1C.Cc1cc(CCC2CCC(C3CCC(C)CC3)CC2)cc(C)c1C.Cc1ccc(-c2cc(C)c(C)c(C)c2)cc1.Cc1ccc(-c2ccc(-c3cc(C)c(C)c(C)c3)cc2)cc1. The van der Waals surface area contributed by atoms with Gasteiger partial charge in [-0.3, -0.25) is 0 Å². The molecule has 0 heterocycles. The van der Waals surface area contributed by atoms with Crippen LogP contribution in [0, 0.1) is 192 Å². The highest BCUT2D eigenvalue weighted by molar-refractivity contribution is 5.72. The monoisotopic (exact) mass is 1630 g/mol. The molecule has 122 heavy (non-hydrogen) atoms. The lowest BCUT2D eigenvalue weighted by molar-refractivity contribution is 0.148. The lowest BCUT2D eigenvalue weighted by Crippen LogP contribution is -2.25. The van der Waals surface area contributed by atoms with Crippen LogP contribution in [0.25, 0.3) is 44.5 Å². The zero-order valence-electron chi connectivity index (χ0n) is 81.5. The third-order valence-electron chi connectivity index (χ3n) is 32.3. The Labute approximate surface area is 747 Å². The van der Waals surface area contributed by atoms with Crippen LogP contribution in [0.15, 0.2) is 170 Å². The van der Waals surface area contributed by atoms with Gasteiger partial charge in [-0.15, -0.1) is 0 Å². The van der Waals surface area contributed by atoms with E-state index in [0.717, 1.165) is 71.0 Å². The summed E-state index contributed by atoms with van der Waals surface area (Å²) < 4.78 is 0. The molecule has 10 aromatic carbocycles. The van der Waals surface area contributed by atoms with Crippen LogP contribution in [0.5, 0.6) is 0 Å². The van der Waals surface area contributed by atoms with Crippen molar-refractivity contribution in [3.63, 3.8) is 0 Å². The third-order valence-corrected chi connectivity index (χ3v) is 32.3. The summed E-state index contributed by atoms with van der Waals surface area (Å²) >= 11 is 0. The van der Waals surface area contributed by atoms with Crippen molar-refractivity contribution in [3.8, 4) is 44.5 Å². The minimum atomic E-state index is 0.784. The van der Waals surface area contributed by atoms with Gasteiger partial charge >= 0.3 is 0 Å². The van der Waals surface area contributed by atoms with E-state index < -0.39 is 0 Å². The fraction of sp³-hybridized carbons (Fsp3) is 0.508. The molecule has 0 spiro atoms. The highest BCUT2D eigenvalue weighted by Crippen LogP contribution is 2.47. The minimum absolute atomic E-state index is 0.784. The van der Waals surface area contributed by atoms with Crippen LogP contribution >= 0.6 is 0 Å². The molecule has 0 N–H and O–H groups in total. The molecule has 0 heteroatoms. The van der Waals surface area contributed by atoms with Crippen LogP contribution in [0.4, 0.5) is 0 Å². The van der Waals surface area contributed by atoms with Crippen LogP contribution in [-0.2, 0) is 6.42 Å². The van der Waals surface area contributed by atoms with E-state index >= 15 is 0 Å². The van der Waals surface area contributed by atoms with Gasteiger partial charge in [-0.25, -0.2) is 0 Å². The Bertz CT molecular complexity index is 4800. The Kier molecular flexibility index (Phi) is 34.9. The zero-order chi connectivity index (χ0) is 87.6. The van der Waals surface area contributed by atoms with E-state index in [1.165, 1.54) is 328 Å². The van der Waals surface area contributed by atoms with E-state index in [0.29, 0.717) is 0 Å². The average molecular weight is 1630 g/mol. The van der Waals surface area contributed by atoms with Crippen LogP contribution in [0.2, 0.25) is 0 Å². The van der Waals surface area contributed by atoms with Gasteiger partial charge in [0.2, 0.25) is 0 Å². The first-order valence-electron chi connectivity index (χ1n) is 49.1. The van der Waals surface area contributed by atoms with Gasteiger partial charge in [0, 0.05) is 0 Å². The summed E-state index contributed by atoms with van der Waals surface area (Å²) in [6.45, 7) is 54.0. The highest BCUT2D eigenvalue weighted by Gasteiger charge is 2.33. The molecule has 0 unspecified atom stereocenters. The van der Waals surface area contributed by atoms with Crippen molar-refractivity contribution in [2.45, 2.75) is 351 Å². The van der Waals surface area contributed by atoms with Crippen LogP contribution in [0.1, 0.15) is 339 Å². The summed E-state index contributed by atoms with van der Waals surface area (Å²) in [5.41, 5.74) is 45.1. The third kappa shape index (κ3) is 26.4. The second kappa shape index (κ2) is 44.9. The maximum absolute atomic E-state index is 2.47. The van der Waals surface area contributed by atoms with Gasteiger partial charge in [0.1, 0.15) is 0 Å². The van der Waals surface area contributed by atoms with Gasteiger partial charge in [-0.2, -0.15) is 0 Å². The van der Waals surface area contributed by atoms with Crippen molar-refractivity contribution in [2.75, 3.05) is 0 Å². The van der Waals surface area contributed by atoms with Crippen LogP contribution in [-0.4, -0.2) is 0 Å². The van der Waals surface area contributed by atoms with Gasteiger partial charge in [0.05, 0.1) is 0 Å².